The Bertz CT molecular complexity index is 500. The molecule has 0 spiro atoms. The molecule has 0 saturated heterocycles. The van der Waals surface area contributed by atoms with E-state index in [1.165, 1.54) is 6.08 Å². The van der Waals surface area contributed by atoms with E-state index >= 15 is 0 Å². The van der Waals surface area contributed by atoms with E-state index < -0.39 is 0 Å². The first kappa shape index (κ1) is 8.86. The molecule has 0 aliphatic rings. The Hall–Kier alpha value is -1.72. The largest absolute Gasteiger partial charge is 0.455 e. The van der Waals surface area contributed by atoms with E-state index in [1.807, 2.05) is 36.4 Å². The molecule has 2 nitrogen and oxygen atoms in total. The zero-order valence-corrected chi connectivity index (χ0v) is 7.95. The van der Waals surface area contributed by atoms with E-state index in [0.717, 1.165) is 11.0 Å². The van der Waals surface area contributed by atoms with E-state index in [4.69, 9.17) is 21.3 Å². The van der Waals surface area contributed by atoms with Gasteiger partial charge in [0.05, 0.1) is 11.1 Å². The van der Waals surface area contributed by atoms with Gasteiger partial charge in [-0.3, -0.25) is 0 Å². The molecule has 0 amide bonds. The maximum atomic E-state index is 8.42. The lowest BCUT2D eigenvalue weighted by Gasteiger charge is -1.87. The number of furan rings is 1. The third kappa shape index (κ3) is 1.50. The van der Waals surface area contributed by atoms with E-state index in [1.54, 1.807) is 0 Å². The third-order valence-corrected chi connectivity index (χ3v) is 2.15. The fourth-order valence-corrected chi connectivity index (χ4v) is 1.37. The number of para-hydroxylation sites is 1. The second kappa shape index (κ2) is 3.57. The molecule has 68 valence electrons. The van der Waals surface area contributed by atoms with Crippen LogP contribution >= 0.6 is 11.6 Å². The highest BCUT2D eigenvalue weighted by Crippen LogP contribution is 2.26. The Morgan fingerprint density at radius 3 is 2.93 bits per heavy atom. The number of nitrogens with zero attached hydrogens (tertiary/aromatic N) is 1. The summed E-state index contributed by atoms with van der Waals surface area (Å²) in [6, 6.07) is 11.3. The van der Waals surface area contributed by atoms with Crippen molar-refractivity contribution in [3.8, 4) is 6.07 Å². The van der Waals surface area contributed by atoms with Crippen LogP contribution in [0, 0.1) is 11.3 Å². The maximum absolute atomic E-state index is 8.42. The van der Waals surface area contributed by atoms with Crippen LogP contribution in [-0.4, -0.2) is 0 Å². The van der Waals surface area contributed by atoms with Crippen molar-refractivity contribution < 1.29 is 4.42 Å². The van der Waals surface area contributed by atoms with E-state index in [2.05, 4.69) is 0 Å². The molecule has 0 fully saturated rings. The van der Waals surface area contributed by atoms with Crippen LogP contribution in [-0.2, 0) is 0 Å². The van der Waals surface area contributed by atoms with Gasteiger partial charge >= 0.3 is 0 Å². The van der Waals surface area contributed by atoms with Gasteiger partial charge in [0.1, 0.15) is 11.3 Å². The molecule has 14 heavy (non-hydrogen) atoms. The molecule has 1 heterocycles. The molecular weight excluding hydrogens is 198 g/mol. The Kier molecular flexibility index (Phi) is 2.26. The first-order valence-corrected chi connectivity index (χ1v) is 4.43. The van der Waals surface area contributed by atoms with Crippen molar-refractivity contribution in [2.24, 2.45) is 0 Å². The van der Waals surface area contributed by atoms with Crippen molar-refractivity contribution in [3.05, 3.63) is 42.2 Å². The highest BCUT2D eigenvalue weighted by atomic mass is 35.5. The number of hydrogen-bond donors (Lipinski definition) is 0. The van der Waals surface area contributed by atoms with Crippen LogP contribution in [0.1, 0.15) is 5.76 Å². The SMILES string of the molecule is N#C/C=C(\Cl)c1cc2ccccc2o1. The monoisotopic (exact) mass is 203 g/mol. The first-order chi connectivity index (χ1) is 6.81. The topological polar surface area (TPSA) is 36.9 Å². The highest BCUT2D eigenvalue weighted by molar-refractivity contribution is 6.48. The summed E-state index contributed by atoms with van der Waals surface area (Å²) in [4.78, 5) is 0. The van der Waals surface area contributed by atoms with Crippen molar-refractivity contribution in [1.29, 1.82) is 5.26 Å². The summed E-state index contributed by atoms with van der Waals surface area (Å²) in [7, 11) is 0. The van der Waals surface area contributed by atoms with Gasteiger partial charge in [-0.2, -0.15) is 5.26 Å². The number of nitriles is 1. The highest BCUT2D eigenvalue weighted by Gasteiger charge is 2.05. The van der Waals surface area contributed by atoms with E-state index in [-0.39, 0.29) is 0 Å². The van der Waals surface area contributed by atoms with Gasteiger partial charge in [0.25, 0.3) is 0 Å². The number of hydrogen-bond acceptors (Lipinski definition) is 2. The Balaban J connectivity index is 2.57. The first-order valence-electron chi connectivity index (χ1n) is 4.05. The minimum Gasteiger partial charge on any atom is -0.455 e. The molecule has 1 aromatic heterocycles. The molecule has 0 bridgehead atoms. The van der Waals surface area contributed by atoms with Gasteiger partial charge in [0.15, 0.2) is 0 Å². The van der Waals surface area contributed by atoms with Gasteiger partial charge in [0, 0.05) is 11.5 Å². The summed E-state index contributed by atoms with van der Waals surface area (Å²) in [5, 5.41) is 9.72. The van der Waals surface area contributed by atoms with Crippen molar-refractivity contribution in [2.75, 3.05) is 0 Å². The number of benzene rings is 1. The molecule has 2 rings (SSSR count). The molecule has 0 aliphatic heterocycles. The lowest BCUT2D eigenvalue weighted by Crippen LogP contribution is -1.67. The Morgan fingerprint density at radius 2 is 2.21 bits per heavy atom. The van der Waals surface area contributed by atoms with E-state index in [9.17, 15) is 0 Å². The van der Waals surface area contributed by atoms with Gasteiger partial charge in [-0.05, 0) is 12.1 Å². The predicted octanol–water partition coefficient (Wildman–Crippen LogP) is 3.54. The summed E-state index contributed by atoms with van der Waals surface area (Å²) >= 11 is 5.82. The average molecular weight is 204 g/mol. The zero-order valence-electron chi connectivity index (χ0n) is 7.20. The lowest BCUT2D eigenvalue weighted by molar-refractivity contribution is 0.603. The minimum atomic E-state index is 0.323. The van der Waals surface area contributed by atoms with Gasteiger partial charge in [0.2, 0.25) is 0 Å². The molecule has 1 aromatic carbocycles. The van der Waals surface area contributed by atoms with Gasteiger partial charge in [-0.1, -0.05) is 29.8 Å². The van der Waals surface area contributed by atoms with Crippen LogP contribution in [0.5, 0.6) is 0 Å². The van der Waals surface area contributed by atoms with Crippen molar-refractivity contribution in [2.45, 2.75) is 0 Å². The fourth-order valence-electron chi connectivity index (χ4n) is 1.23. The van der Waals surface area contributed by atoms with Gasteiger partial charge in [-0.15, -0.1) is 0 Å². The third-order valence-electron chi connectivity index (χ3n) is 1.85. The molecule has 0 saturated carbocycles. The zero-order chi connectivity index (χ0) is 9.97. The molecule has 0 atom stereocenters. The molecular formula is C11H6ClNO. The Labute approximate surface area is 86.0 Å². The predicted molar refractivity (Wildman–Crippen MR) is 55.7 cm³/mol. The number of fused-ring (bicyclic) bond motifs is 1. The number of halogens is 1. The van der Waals surface area contributed by atoms with Crippen LogP contribution in [0.2, 0.25) is 0 Å². The van der Waals surface area contributed by atoms with Crippen LogP contribution in [0.4, 0.5) is 0 Å². The number of allylic oxidation sites excluding steroid dienone is 1. The quantitative estimate of drug-likeness (QED) is 0.665. The Morgan fingerprint density at radius 1 is 1.43 bits per heavy atom. The normalized spacial score (nSPS) is 11.6. The van der Waals surface area contributed by atoms with Crippen LogP contribution < -0.4 is 0 Å². The molecule has 3 heteroatoms. The fraction of sp³-hybridized carbons (Fsp3) is 0. The summed E-state index contributed by atoms with van der Waals surface area (Å²) < 4.78 is 5.43. The second-order valence-electron chi connectivity index (χ2n) is 2.77. The smallest absolute Gasteiger partial charge is 0.147 e. The summed E-state index contributed by atoms with van der Waals surface area (Å²) in [5.74, 6) is 0.523. The molecule has 2 aromatic rings. The van der Waals surface area contributed by atoms with Crippen molar-refractivity contribution >= 4 is 27.6 Å². The van der Waals surface area contributed by atoms with Crippen LogP contribution in [0.15, 0.2) is 40.8 Å². The van der Waals surface area contributed by atoms with E-state index in [0.29, 0.717) is 10.8 Å². The molecule has 0 N–H and O–H groups in total. The molecule has 0 radical (unpaired) electrons. The van der Waals surface area contributed by atoms with Crippen molar-refractivity contribution in [1.82, 2.24) is 0 Å². The summed E-state index contributed by atoms with van der Waals surface area (Å²) in [6.07, 6.45) is 1.25. The lowest BCUT2D eigenvalue weighted by atomic mass is 10.2. The number of rotatable bonds is 1. The maximum Gasteiger partial charge on any atom is 0.147 e. The second-order valence-corrected chi connectivity index (χ2v) is 3.18. The standard InChI is InChI=1S/C11H6ClNO/c12-9(5-6-13)11-7-8-3-1-2-4-10(8)14-11/h1-5,7H/b9-5-. The summed E-state index contributed by atoms with van der Waals surface area (Å²) in [6.45, 7) is 0. The van der Waals surface area contributed by atoms with Crippen LogP contribution in [0.3, 0.4) is 0 Å². The van der Waals surface area contributed by atoms with Gasteiger partial charge < -0.3 is 4.42 Å². The molecule has 0 aliphatic carbocycles. The summed E-state index contributed by atoms with van der Waals surface area (Å²) in [5.41, 5.74) is 0.770. The average Bonchev–Trinajstić information content (AvgIpc) is 2.61. The van der Waals surface area contributed by atoms with Gasteiger partial charge in [-0.25, -0.2) is 0 Å². The minimum absolute atomic E-state index is 0.323. The van der Waals surface area contributed by atoms with Crippen LogP contribution in [0.25, 0.3) is 16.0 Å². The molecule has 0 unspecified atom stereocenters. The van der Waals surface area contributed by atoms with Crippen molar-refractivity contribution in [3.63, 3.8) is 0 Å².